The van der Waals surface area contributed by atoms with Gasteiger partial charge in [-0.3, -0.25) is 0 Å². The molecular weight excluding hydrogens is 206 g/mol. The molecular formula is C12H17NO3. The van der Waals surface area contributed by atoms with Gasteiger partial charge >= 0.3 is 5.97 Å². The maximum Gasteiger partial charge on any atom is 0.335 e. The molecule has 4 nitrogen and oxygen atoms in total. The van der Waals surface area contributed by atoms with Gasteiger partial charge in [0.2, 0.25) is 5.88 Å². The third-order valence-electron chi connectivity index (χ3n) is 2.23. The Hall–Kier alpha value is -1.58. The lowest BCUT2D eigenvalue weighted by Crippen LogP contribution is -2.02. The third kappa shape index (κ3) is 4.29. The summed E-state index contributed by atoms with van der Waals surface area (Å²) in [4.78, 5) is 14.6. The normalized spacial score (nSPS) is 10.1. The van der Waals surface area contributed by atoms with Crippen LogP contribution in [0.4, 0.5) is 0 Å². The van der Waals surface area contributed by atoms with E-state index in [1.54, 1.807) is 0 Å². The number of carbonyl (C=O) groups is 1. The summed E-state index contributed by atoms with van der Waals surface area (Å²) in [5.74, 6) is -0.574. The van der Waals surface area contributed by atoms with E-state index in [1.807, 2.05) is 0 Å². The van der Waals surface area contributed by atoms with Crippen molar-refractivity contribution in [3.63, 3.8) is 0 Å². The summed E-state index contributed by atoms with van der Waals surface area (Å²) in [6, 6.07) is 2.90. The number of carboxylic acid groups (broad SMARTS) is 1. The van der Waals surface area contributed by atoms with Crippen LogP contribution in [0.15, 0.2) is 18.3 Å². The van der Waals surface area contributed by atoms with Crippen molar-refractivity contribution in [1.29, 1.82) is 0 Å². The summed E-state index contributed by atoms with van der Waals surface area (Å²) in [6.07, 6.45) is 5.95. The first-order chi connectivity index (χ1) is 7.74. The van der Waals surface area contributed by atoms with Crippen LogP contribution in [0.2, 0.25) is 0 Å². The lowest BCUT2D eigenvalue weighted by Gasteiger charge is -2.05. The molecule has 0 bridgehead atoms. The van der Waals surface area contributed by atoms with Gasteiger partial charge in [-0.25, -0.2) is 9.78 Å². The monoisotopic (exact) mass is 223 g/mol. The van der Waals surface area contributed by atoms with Crippen molar-refractivity contribution in [2.75, 3.05) is 6.61 Å². The van der Waals surface area contributed by atoms with Crippen LogP contribution in [-0.4, -0.2) is 22.7 Å². The zero-order valence-electron chi connectivity index (χ0n) is 9.48. The van der Waals surface area contributed by atoms with E-state index in [2.05, 4.69) is 11.9 Å². The number of carboxylic acids is 1. The number of hydrogen-bond acceptors (Lipinski definition) is 3. The van der Waals surface area contributed by atoms with Crippen LogP contribution in [0.25, 0.3) is 0 Å². The average Bonchev–Trinajstić information content (AvgIpc) is 2.29. The van der Waals surface area contributed by atoms with Crippen molar-refractivity contribution in [2.24, 2.45) is 0 Å². The lowest BCUT2D eigenvalue weighted by atomic mass is 10.2. The predicted octanol–water partition coefficient (Wildman–Crippen LogP) is 2.74. The summed E-state index contributed by atoms with van der Waals surface area (Å²) in [5.41, 5.74) is 0.207. The molecule has 88 valence electrons. The highest BCUT2D eigenvalue weighted by atomic mass is 16.5. The van der Waals surface area contributed by atoms with E-state index in [-0.39, 0.29) is 5.56 Å². The first kappa shape index (κ1) is 12.5. The van der Waals surface area contributed by atoms with Gasteiger partial charge in [-0.05, 0) is 12.5 Å². The standard InChI is InChI=1S/C12H17NO3/c1-2-3-4-5-8-16-11-9-10(12(14)15)6-7-13-11/h6-7,9H,2-5,8H2,1H3,(H,14,15). The summed E-state index contributed by atoms with van der Waals surface area (Å²) < 4.78 is 5.37. The van der Waals surface area contributed by atoms with Crippen molar-refractivity contribution in [1.82, 2.24) is 4.98 Å². The fourth-order valence-corrected chi connectivity index (χ4v) is 1.33. The maximum absolute atomic E-state index is 10.7. The van der Waals surface area contributed by atoms with Crippen LogP contribution in [0.5, 0.6) is 5.88 Å². The fourth-order valence-electron chi connectivity index (χ4n) is 1.33. The van der Waals surface area contributed by atoms with Crippen LogP contribution in [-0.2, 0) is 0 Å². The zero-order valence-corrected chi connectivity index (χ0v) is 9.48. The first-order valence-corrected chi connectivity index (χ1v) is 5.56. The molecule has 0 radical (unpaired) electrons. The maximum atomic E-state index is 10.7. The highest BCUT2D eigenvalue weighted by Gasteiger charge is 2.04. The second-order valence-electron chi connectivity index (χ2n) is 3.60. The van der Waals surface area contributed by atoms with E-state index in [4.69, 9.17) is 9.84 Å². The number of ether oxygens (including phenoxy) is 1. The van der Waals surface area contributed by atoms with Crippen molar-refractivity contribution in [3.8, 4) is 5.88 Å². The fraction of sp³-hybridized carbons (Fsp3) is 0.500. The van der Waals surface area contributed by atoms with Crippen LogP contribution < -0.4 is 4.74 Å². The topological polar surface area (TPSA) is 59.4 Å². The Morgan fingerprint density at radius 1 is 1.44 bits per heavy atom. The Morgan fingerprint density at radius 2 is 2.25 bits per heavy atom. The van der Waals surface area contributed by atoms with E-state index in [9.17, 15) is 4.79 Å². The average molecular weight is 223 g/mol. The predicted molar refractivity (Wildman–Crippen MR) is 60.8 cm³/mol. The van der Waals surface area contributed by atoms with Gasteiger partial charge in [-0.15, -0.1) is 0 Å². The molecule has 0 saturated heterocycles. The largest absolute Gasteiger partial charge is 0.478 e. The smallest absolute Gasteiger partial charge is 0.335 e. The van der Waals surface area contributed by atoms with Gasteiger partial charge in [0.25, 0.3) is 0 Å². The van der Waals surface area contributed by atoms with Crippen molar-refractivity contribution < 1.29 is 14.6 Å². The number of aromatic nitrogens is 1. The van der Waals surface area contributed by atoms with Gasteiger partial charge in [0.15, 0.2) is 0 Å². The van der Waals surface area contributed by atoms with E-state index in [1.165, 1.54) is 31.2 Å². The van der Waals surface area contributed by atoms with E-state index >= 15 is 0 Å². The Kier molecular flexibility index (Phi) is 5.32. The van der Waals surface area contributed by atoms with Gasteiger partial charge in [0.1, 0.15) is 0 Å². The molecule has 0 aliphatic carbocycles. The minimum absolute atomic E-state index is 0.207. The SMILES string of the molecule is CCCCCCOc1cc(C(=O)O)ccn1. The second-order valence-corrected chi connectivity index (χ2v) is 3.60. The van der Waals surface area contributed by atoms with E-state index in [0.29, 0.717) is 12.5 Å². The van der Waals surface area contributed by atoms with Gasteiger partial charge in [-0.2, -0.15) is 0 Å². The Bertz CT molecular complexity index is 339. The number of aromatic carboxylic acids is 1. The van der Waals surface area contributed by atoms with Gasteiger partial charge in [0.05, 0.1) is 12.2 Å². The summed E-state index contributed by atoms with van der Waals surface area (Å²) in [5, 5.41) is 8.77. The third-order valence-corrected chi connectivity index (χ3v) is 2.23. The molecule has 1 heterocycles. The number of unbranched alkanes of at least 4 members (excludes halogenated alkanes) is 3. The van der Waals surface area contributed by atoms with Gasteiger partial charge < -0.3 is 9.84 Å². The number of rotatable bonds is 7. The zero-order chi connectivity index (χ0) is 11.8. The highest BCUT2D eigenvalue weighted by Crippen LogP contribution is 2.10. The molecule has 1 N–H and O–H groups in total. The number of hydrogen-bond donors (Lipinski definition) is 1. The van der Waals surface area contributed by atoms with E-state index in [0.717, 1.165) is 12.8 Å². The molecule has 0 atom stereocenters. The molecule has 0 unspecified atom stereocenters. The van der Waals surface area contributed by atoms with E-state index < -0.39 is 5.97 Å². The highest BCUT2D eigenvalue weighted by molar-refractivity contribution is 5.87. The number of nitrogens with zero attached hydrogens (tertiary/aromatic N) is 1. The molecule has 16 heavy (non-hydrogen) atoms. The molecule has 0 aromatic carbocycles. The van der Waals surface area contributed by atoms with Crippen LogP contribution in [0.1, 0.15) is 43.0 Å². The lowest BCUT2D eigenvalue weighted by molar-refractivity contribution is 0.0696. The summed E-state index contributed by atoms with van der Waals surface area (Å²) in [6.45, 7) is 2.74. The molecule has 1 rings (SSSR count). The van der Waals surface area contributed by atoms with Gasteiger partial charge in [-0.1, -0.05) is 26.2 Å². The van der Waals surface area contributed by atoms with Crippen LogP contribution in [0.3, 0.4) is 0 Å². The molecule has 0 saturated carbocycles. The molecule has 1 aromatic heterocycles. The summed E-state index contributed by atoms with van der Waals surface area (Å²) in [7, 11) is 0. The number of pyridine rings is 1. The Labute approximate surface area is 95.3 Å². The molecule has 1 aromatic rings. The minimum atomic E-state index is -0.960. The molecule has 0 spiro atoms. The first-order valence-electron chi connectivity index (χ1n) is 5.56. The Morgan fingerprint density at radius 3 is 2.94 bits per heavy atom. The van der Waals surface area contributed by atoms with Crippen LogP contribution in [0, 0.1) is 0 Å². The molecule has 0 aliphatic heterocycles. The summed E-state index contributed by atoms with van der Waals surface area (Å²) >= 11 is 0. The molecule has 0 aliphatic rings. The van der Waals surface area contributed by atoms with Crippen molar-refractivity contribution in [3.05, 3.63) is 23.9 Å². The van der Waals surface area contributed by atoms with Crippen molar-refractivity contribution >= 4 is 5.97 Å². The van der Waals surface area contributed by atoms with Crippen molar-refractivity contribution in [2.45, 2.75) is 32.6 Å². The molecule has 0 amide bonds. The minimum Gasteiger partial charge on any atom is -0.478 e. The van der Waals surface area contributed by atoms with Gasteiger partial charge in [0, 0.05) is 12.3 Å². The Balaban J connectivity index is 2.36. The second kappa shape index (κ2) is 6.82. The van der Waals surface area contributed by atoms with Crippen LogP contribution >= 0.6 is 0 Å². The molecule has 0 fully saturated rings. The molecule has 4 heteroatoms. The quantitative estimate of drug-likeness (QED) is 0.722.